The molecule has 1 fully saturated rings. The Balaban J connectivity index is 1.79. The van der Waals surface area contributed by atoms with Crippen LogP contribution >= 0.6 is 11.8 Å². The van der Waals surface area contributed by atoms with E-state index in [1.807, 2.05) is 19.1 Å². The minimum absolute atomic E-state index is 0.0369. The molecule has 0 aromatic heterocycles. The first-order chi connectivity index (χ1) is 17.7. The van der Waals surface area contributed by atoms with Gasteiger partial charge in [-0.3, -0.25) is 14.4 Å². The predicted molar refractivity (Wildman–Crippen MR) is 143 cm³/mol. The molecule has 8 heteroatoms. The Kier molecular flexibility index (Phi) is 10.2. The smallest absolute Gasteiger partial charge is 0.305 e. The number of esters is 1. The maximum absolute atomic E-state index is 12.4. The third kappa shape index (κ3) is 7.14. The molecule has 2 aromatic rings. The lowest BCUT2D eigenvalue weighted by atomic mass is 9.86. The lowest BCUT2D eigenvalue weighted by molar-refractivity contribution is -0.140. The van der Waals surface area contributed by atoms with Crippen molar-refractivity contribution in [3.63, 3.8) is 0 Å². The largest absolute Gasteiger partial charge is 0.507 e. The zero-order chi connectivity index (χ0) is 27.0. The van der Waals surface area contributed by atoms with Crippen LogP contribution in [0.2, 0.25) is 0 Å². The molecule has 2 aromatic carbocycles. The van der Waals surface area contributed by atoms with Crippen molar-refractivity contribution in [1.82, 2.24) is 0 Å². The van der Waals surface area contributed by atoms with Crippen LogP contribution in [0, 0.1) is 0 Å². The fourth-order valence-electron chi connectivity index (χ4n) is 4.64. The number of benzene rings is 2. The lowest BCUT2D eigenvalue weighted by Gasteiger charge is -2.40. The van der Waals surface area contributed by atoms with Gasteiger partial charge in [-0.25, -0.2) is 0 Å². The van der Waals surface area contributed by atoms with Crippen molar-refractivity contribution in [2.45, 2.75) is 81.0 Å². The van der Waals surface area contributed by atoms with Crippen LogP contribution in [0.5, 0.6) is 11.5 Å². The summed E-state index contributed by atoms with van der Waals surface area (Å²) in [4.78, 5) is 36.5. The molecule has 2 N–H and O–H groups in total. The number of hydrogen-bond acceptors (Lipinski definition) is 8. The molecule has 1 saturated carbocycles. The number of thioether (sulfide) groups is 1. The summed E-state index contributed by atoms with van der Waals surface area (Å²) >= 11 is 1.54. The quantitative estimate of drug-likeness (QED) is 0.273. The van der Waals surface area contributed by atoms with Crippen LogP contribution < -0.4 is 4.74 Å². The predicted octanol–water partition coefficient (Wildman–Crippen LogP) is 5.53. The van der Waals surface area contributed by atoms with Gasteiger partial charge in [0.25, 0.3) is 0 Å². The van der Waals surface area contributed by atoms with E-state index in [-0.39, 0.29) is 42.3 Å². The first kappa shape index (κ1) is 28.7. The van der Waals surface area contributed by atoms with Crippen molar-refractivity contribution in [2.75, 3.05) is 13.7 Å². The highest BCUT2D eigenvalue weighted by Crippen LogP contribution is 2.45. The third-order valence-electron chi connectivity index (χ3n) is 6.81. The average Bonchev–Trinajstić information content (AvgIpc) is 2.89. The highest BCUT2D eigenvalue weighted by atomic mass is 32.2. The zero-order valence-corrected chi connectivity index (χ0v) is 22.6. The van der Waals surface area contributed by atoms with Gasteiger partial charge in [-0.15, -0.1) is 11.8 Å². The Morgan fingerprint density at radius 2 is 1.81 bits per heavy atom. The number of carbonyl (C=O) groups excluding carboxylic acids is 3. The first-order valence-electron chi connectivity index (χ1n) is 12.8. The molecule has 2 atom stereocenters. The van der Waals surface area contributed by atoms with Crippen LogP contribution in [0.1, 0.15) is 85.1 Å². The van der Waals surface area contributed by atoms with E-state index >= 15 is 0 Å². The molecule has 0 radical (unpaired) electrons. The van der Waals surface area contributed by atoms with Gasteiger partial charge in [-0.1, -0.05) is 38.3 Å². The summed E-state index contributed by atoms with van der Waals surface area (Å²) in [7, 11) is 1.30. The molecule has 0 bridgehead atoms. The Morgan fingerprint density at radius 3 is 2.43 bits per heavy atom. The molecule has 1 aliphatic rings. The number of phenolic OH excluding ortho intramolecular Hbond substituents is 1. The summed E-state index contributed by atoms with van der Waals surface area (Å²) in [6, 6.07) is 10.5. The number of hydrogen-bond donors (Lipinski definition) is 2. The van der Waals surface area contributed by atoms with E-state index in [4.69, 9.17) is 4.74 Å². The van der Waals surface area contributed by atoms with Gasteiger partial charge in [0.1, 0.15) is 18.1 Å². The van der Waals surface area contributed by atoms with Gasteiger partial charge in [0.05, 0.1) is 29.9 Å². The van der Waals surface area contributed by atoms with E-state index in [2.05, 4.69) is 4.74 Å². The van der Waals surface area contributed by atoms with E-state index in [9.17, 15) is 24.6 Å². The Labute approximate surface area is 222 Å². The molecule has 0 heterocycles. The molecule has 3 rings (SSSR count). The zero-order valence-electron chi connectivity index (χ0n) is 21.7. The lowest BCUT2D eigenvalue weighted by Crippen LogP contribution is -2.46. The summed E-state index contributed by atoms with van der Waals surface area (Å²) in [5.41, 5.74) is 1.40. The number of aliphatic hydroxyl groups excluding tert-OH is 1. The maximum Gasteiger partial charge on any atom is 0.305 e. The maximum atomic E-state index is 12.4. The van der Waals surface area contributed by atoms with Gasteiger partial charge in [-0.2, -0.15) is 0 Å². The summed E-state index contributed by atoms with van der Waals surface area (Å²) < 4.78 is 10.3. The van der Waals surface area contributed by atoms with Gasteiger partial charge in [0.15, 0.2) is 11.6 Å². The van der Waals surface area contributed by atoms with E-state index in [0.717, 1.165) is 30.6 Å². The molecular formula is C29H36O7S. The van der Waals surface area contributed by atoms with Gasteiger partial charge in [0, 0.05) is 22.4 Å². The summed E-state index contributed by atoms with van der Waals surface area (Å²) in [6.45, 7) is 3.65. The van der Waals surface area contributed by atoms with Gasteiger partial charge < -0.3 is 19.7 Å². The van der Waals surface area contributed by atoms with Crippen molar-refractivity contribution >= 4 is 29.3 Å². The molecular weight excluding hydrogens is 492 g/mol. The molecule has 0 aliphatic heterocycles. The van der Waals surface area contributed by atoms with E-state index in [1.54, 1.807) is 24.3 Å². The number of phenols is 1. The van der Waals surface area contributed by atoms with Gasteiger partial charge in [0.2, 0.25) is 0 Å². The molecule has 7 nitrogen and oxygen atoms in total. The van der Waals surface area contributed by atoms with E-state index in [0.29, 0.717) is 29.7 Å². The second-order valence-corrected chi connectivity index (χ2v) is 11.0. The normalized spacial score (nSPS) is 19.3. The molecule has 2 unspecified atom stereocenters. The highest BCUT2D eigenvalue weighted by molar-refractivity contribution is 8.00. The van der Waals surface area contributed by atoms with Crippen LogP contribution in [0.4, 0.5) is 0 Å². The van der Waals surface area contributed by atoms with Crippen molar-refractivity contribution in [1.29, 1.82) is 0 Å². The fourth-order valence-corrected chi connectivity index (χ4v) is 6.00. The number of methoxy groups -OCH3 is 1. The molecule has 200 valence electrons. The molecule has 0 spiro atoms. The van der Waals surface area contributed by atoms with Crippen molar-refractivity contribution in [3.05, 3.63) is 53.1 Å². The number of aliphatic hydroxyl groups is 1. The van der Waals surface area contributed by atoms with E-state index in [1.165, 1.54) is 25.8 Å². The fraction of sp³-hybridized carbons (Fsp3) is 0.483. The summed E-state index contributed by atoms with van der Waals surface area (Å²) in [5.74, 6) is -0.266. The number of carbonyl (C=O) groups is 3. The number of aromatic hydroxyl groups is 1. The monoisotopic (exact) mass is 528 g/mol. The standard InChI is InChI=1S/C29H36O7S/c1-4-7-23-25(15-13-22(19(2)30)28(23)34)36-18-29(17-6-5-8-26(29)32)37-21-11-9-20(10-12-21)24(31)14-16-27(33)35-3/h9-13,15,26,32,34H,4-8,14,16-18H2,1-3H3. The van der Waals surface area contributed by atoms with Gasteiger partial charge in [-0.05, 0) is 50.5 Å². The second-order valence-electron chi connectivity index (χ2n) is 9.49. The van der Waals surface area contributed by atoms with Gasteiger partial charge >= 0.3 is 5.97 Å². The van der Waals surface area contributed by atoms with Crippen LogP contribution in [0.25, 0.3) is 0 Å². The number of ether oxygens (including phenoxy) is 2. The van der Waals surface area contributed by atoms with Crippen LogP contribution in [-0.2, 0) is 16.0 Å². The second kappa shape index (κ2) is 13.1. The molecule has 0 amide bonds. The molecule has 37 heavy (non-hydrogen) atoms. The van der Waals surface area contributed by atoms with E-state index < -0.39 is 16.8 Å². The Morgan fingerprint density at radius 1 is 1.08 bits per heavy atom. The summed E-state index contributed by atoms with van der Waals surface area (Å²) in [5, 5.41) is 21.8. The van der Waals surface area contributed by atoms with Crippen LogP contribution in [0.3, 0.4) is 0 Å². The number of ketones is 2. The van der Waals surface area contributed by atoms with Crippen LogP contribution in [-0.4, -0.2) is 52.3 Å². The Hall–Kier alpha value is -2.84. The summed E-state index contributed by atoms with van der Waals surface area (Å²) in [6.07, 6.45) is 4.18. The third-order valence-corrected chi connectivity index (χ3v) is 8.32. The number of rotatable bonds is 12. The molecule has 1 aliphatic carbocycles. The van der Waals surface area contributed by atoms with Crippen molar-refractivity contribution in [2.24, 2.45) is 0 Å². The Bertz CT molecular complexity index is 1110. The SMILES string of the molecule is CCCc1c(OCC2(Sc3ccc(C(=O)CCC(=O)OC)cc3)CCCCC2O)ccc(C(C)=O)c1O. The number of Topliss-reactive ketones (excluding diaryl/α,β-unsaturated/α-hetero) is 2. The molecule has 0 saturated heterocycles. The minimum Gasteiger partial charge on any atom is -0.507 e. The van der Waals surface area contributed by atoms with Crippen LogP contribution in [0.15, 0.2) is 41.3 Å². The van der Waals surface area contributed by atoms with Crippen molar-refractivity contribution in [3.8, 4) is 11.5 Å². The topological polar surface area (TPSA) is 110 Å². The van der Waals surface area contributed by atoms with Crippen molar-refractivity contribution < 1.29 is 34.1 Å². The minimum atomic E-state index is -0.604. The first-order valence-corrected chi connectivity index (χ1v) is 13.6. The average molecular weight is 529 g/mol. The highest BCUT2D eigenvalue weighted by Gasteiger charge is 2.42.